The van der Waals surface area contributed by atoms with E-state index in [-0.39, 0.29) is 5.91 Å². The van der Waals surface area contributed by atoms with Crippen LogP contribution in [-0.4, -0.2) is 47.8 Å². The van der Waals surface area contributed by atoms with E-state index in [1.807, 2.05) is 13.2 Å². The number of nitrogens with zero attached hydrogens (tertiary/aromatic N) is 3. The molecule has 0 unspecified atom stereocenters. The summed E-state index contributed by atoms with van der Waals surface area (Å²) in [5.74, 6) is 0.600. The number of rotatable bonds is 6. The molecule has 0 spiro atoms. The van der Waals surface area contributed by atoms with E-state index in [1.165, 1.54) is 0 Å². The molecule has 0 aliphatic heterocycles. The first-order valence-corrected chi connectivity index (χ1v) is 5.30. The van der Waals surface area contributed by atoms with Crippen LogP contribution >= 0.6 is 0 Å². The summed E-state index contributed by atoms with van der Waals surface area (Å²) in [5.41, 5.74) is 5.50. The van der Waals surface area contributed by atoms with Crippen LogP contribution in [-0.2, 0) is 11.3 Å². The fraction of sp³-hybridized carbons (Fsp3) is 0.600. The zero-order valence-corrected chi connectivity index (χ0v) is 9.81. The largest absolute Gasteiger partial charge is 0.382 e. The maximum Gasteiger partial charge on any atom is 0.221 e. The number of carbonyl (C=O) groups excluding carboxylic acids is 1. The van der Waals surface area contributed by atoms with Crippen molar-refractivity contribution in [2.75, 3.05) is 32.9 Å². The van der Waals surface area contributed by atoms with Crippen LogP contribution in [0.3, 0.4) is 0 Å². The molecule has 1 aromatic rings. The molecule has 1 heterocycles. The lowest BCUT2D eigenvalue weighted by molar-refractivity contribution is -0.120. The Morgan fingerprint density at radius 2 is 2.38 bits per heavy atom. The number of likely N-dealkylation sites (N-methyl/N-ethyl adjacent to an activating group) is 1. The van der Waals surface area contributed by atoms with Gasteiger partial charge in [-0.15, -0.1) is 0 Å². The van der Waals surface area contributed by atoms with Gasteiger partial charge in [-0.2, -0.15) is 5.10 Å². The lowest BCUT2D eigenvalue weighted by Gasteiger charge is -2.15. The quantitative estimate of drug-likeness (QED) is 0.686. The van der Waals surface area contributed by atoms with E-state index in [9.17, 15) is 4.79 Å². The van der Waals surface area contributed by atoms with Crippen LogP contribution in [0.1, 0.15) is 6.42 Å². The number of carbonyl (C=O) groups is 1. The minimum atomic E-state index is 0.0650. The second-order valence-electron chi connectivity index (χ2n) is 3.73. The Bertz CT molecular complexity index is 336. The monoisotopic (exact) mass is 225 g/mol. The highest BCUT2D eigenvalue weighted by molar-refractivity contribution is 5.75. The first-order chi connectivity index (χ1) is 7.61. The number of nitrogens with two attached hydrogens (primary N) is 1. The highest BCUT2D eigenvalue weighted by atomic mass is 16.1. The third-order valence-electron chi connectivity index (χ3n) is 2.37. The number of hydrogen-bond acceptors (Lipinski definition) is 4. The van der Waals surface area contributed by atoms with Crippen LogP contribution in [0.15, 0.2) is 12.3 Å². The minimum absolute atomic E-state index is 0.0650. The van der Waals surface area contributed by atoms with Crippen molar-refractivity contribution in [3.63, 3.8) is 0 Å². The standard InChI is InChI=1S/C10H19N5O/c1-12-10(16)4-5-14(2)7-8-15-6-3-9(11)13-15/h3,6H,4-5,7-8H2,1-2H3,(H2,11,13)(H,12,16). The van der Waals surface area contributed by atoms with Crippen LogP contribution in [0.5, 0.6) is 0 Å². The predicted molar refractivity (Wildman–Crippen MR) is 62.8 cm³/mol. The first-order valence-electron chi connectivity index (χ1n) is 5.30. The molecular formula is C10H19N5O. The van der Waals surface area contributed by atoms with Crippen LogP contribution in [0.25, 0.3) is 0 Å². The molecule has 1 aromatic heterocycles. The van der Waals surface area contributed by atoms with Crippen molar-refractivity contribution in [3.8, 4) is 0 Å². The van der Waals surface area contributed by atoms with Gasteiger partial charge in [0.1, 0.15) is 5.82 Å². The van der Waals surface area contributed by atoms with Gasteiger partial charge in [-0.3, -0.25) is 9.48 Å². The molecule has 0 aliphatic carbocycles. The fourth-order valence-corrected chi connectivity index (χ4v) is 1.30. The Balaban J connectivity index is 2.19. The van der Waals surface area contributed by atoms with E-state index in [2.05, 4.69) is 15.3 Å². The van der Waals surface area contributed by atoms with Gasteiger partial charge in [0.05, 0.1) is 6.54 Å². The lowest BCUT2D eigenvalue weighted by atomic mass is 10.3. The second-order valence-corrected chi connectivity index (χ2v) is 3.73. The molecule has 6 heteroatoms. The fourth-order valence-electron chi connectivity index (χ4n) is 1.30. The summed E-state index contributed by atoms with van der Waals surface area (Å²) in [6, 6.07) is 1.77. The molecule has 3 N–H and O–H groups in total. The van der Waals surface area contributed by atoms with E-state index in [4.69, 9.17) is 5.73 Å². The van der Waals surface area contributed by atoms with E-state index >= 15 is 0 Å². The second kappa shape index (κ2) is 6.12. The van der Waals surface area contributed by atoms with E-state index in [0.29, 0.717) is 12.2 Å². The third-order valence-corrected chi connectivity index (χ3v) is 2.37. The molecule has 1 rings (SSSR count). The Labute approximate surface area is 95.4 Å². The Hall–Kier alpha value is -1.56. The smallest absolute Gasteiger partial charge is 0.221 e. The topological polar surface area (TPSA) is 76.2 Å². The van der Waals surface area contributed by atoms with Crippen molar-refractivity contribution in [1.29, 1.82) is 0 Å². The van der Waals surface area contributed by atoms with Crippen LogP contribution < -0.4 is 11.1 Å². The van der Waals surface area contributed by atoms with Gasteiger partial charge < -0.3 is 16.0 Å². The van der Waals surface area contributed by atoms with Crippen molar-refractivity contribution in [3.05, 3.63) is 12.3 Å². The highest BCUT2D eigenvalue weighted by Crippen LogP contribution is 1.96. The molecule has 0 aliphatic rings. The van der Waals surface area contributed by atoms with Gasteiger partial charge in [0.15, 0.2) is 0 Å². The zero-order chi connectivity index (χ0) is 12.0. The van der Waals surface area contributed by atoms with Gasteiger partial charge in [-0.1, -0.05) is 0 Å². The summed E-state index contributed by atoms with van der Waals surface area (Å²) >= 11 is 0. The number of nitrogen functional groups attached to an aromatic ring is 1. The zero-order valence-electron chi connectivity index (χ0n) is 9.81. The van der Waals surface area contributed by atoms with Crippen molar-refractivity contribution in [2.24, 2.45) is 0 Å². The Morgan fingerprint density at radius 3 is 2.94 bits per heavy atom. The molecule has 0 saturated carbocycles. The van der Waals surface area contributed by atoms with Crippen LogP contribution in [0, 0.1) is 0 Å². The summed E-state index contributed by atoms with van der Waals surface area (Å²) in [4.78, 5) is 13.1. The van der Waals surface area contributed by atoms with Gasteiger partial charge >= 0.3 is 0 Å². The highest BCUT2D eigenvalue weighted by Gasteiger charge is 2.03. The molecule has 0 saturated heterocycles. The molecule has 1 amide bonds. The molecule has 0 atom stereocenters. The van der Waals surface area contributed by atoms with Gasteiger partial charge in [-0.05, 0) is 13.1 Å². The number of anilines is 1. The van der Waals surface area contributed by atoms with Crippen LogP contribution in [0.2, 0.25) is 0 Å². The normalized spacial score (nSPS) is 10.7. The summed E-state index contributed by atoms with van der Waals surface area (Å²) in [5, 5.41) is 6.68. The summed E-state index contributed by atoms with van der Waals surface area (Å²) in [7, 11) is 3.63. The van der Waals surface area contributed by atoms with Gasteiger partial charge in [0.25, 0.3) is 0 Å². The number of aromatic nitrogens is 2. The van der Waals surface area contributed by atoms with E-state index in [0.717, 1.165) is 19.6 Å². The summed E-state index contributed by atoms with van der Waals surface area (Å²) in [6.45, 7) is 2.37. The number of hydrogen-bond donors (Lipinski definition) is 2. The van der Waals surface area contributed by atoms with Crippen molar-refractivity contribution >= 4 is 11.7 Å². The molecule has 16 heavy (non-hydrogen) atoms. The molecule has 0 aromatic carbocycles. The van der Waals surface area contributed by atoms with Crippen molar-refractivity contribution in [2.45, 2.75) is 13.0 Å². The Kier molecular flexibility index (Phi) is 4.78. The Morgan fingerprint density at radius 1 is 1.62 bits per heavy atom. The third kappa shape index (κ3) is 4.31. The predicted octanol–water partition coefficient (Wildman–Crippen LogP) is -0.467. The van der Waals surface area contributed by atoms with E-state index in [1.54, 1.807) is 17.8 Å². The summed E-state index contributed by atoms with van der Waals surface area (Å²) in [6.07, 6.45) is 2.37. The van der Waals surface area contributed by atoms with Crippen LogP contribution in [0.4, 0.5) is 5.82 Å². The van der Waals surface area contributed by atoms with Gasteiger partial charge in [-0.25, -0.2) is 0 Å². The molecule has 6 nitrogen and oxygen atoms in total. The van der Waals surface area contributed by atoms with Gasteiger partial charge in [0.2, 0.25) is 5.91 Å². The number of amides is 1. The van der Waals surface area contributed by atoms with E-state index < -0.39 is 0 Å². The maximum atomic E-state index is 11.0. The first kappa shape index (κ1) is 12.5. The SMILES string of the molecule is CNC(=O)CCN(C)CCn1ccc(N)n1. The molecular weight excluding hydrogens is 206 g/mol. The lowest BCUT2D eigenvalue weighted by Crippen LogP contribution is -2.29. The summed E-state index contributed by atoms with van der Waals surface area (Å²) < 4.78 is 1.80. The number of nitrogens with one attached hydrogen (secondary N) is 1. The average Bonchev–Trinajstić information content (AvgIpc) is 2.69. The maximum absolute atomic E-state index is 11.0. The molecule has 0 radical (unpaired) electrons. The molecule has 0 fully saturated rings. The van der Waals surface area contributed by atoms with Gasteiger partial charge in [0, 0.05) is 32.8 Å². The molecule has 0 bridgehead atoms. The van der Waals surface area contributed by atoms with Crippen molar-refractivity contribution in [1.82, 2.24) is 20.0 Å². The molecule has 90 valence electrons. The van der Waals surface area contributed by atoms with Crippen molar-refractivity contribution < 1.29 is 4.79 Å². The average molecular weight is 225 g/mol. The minimum Gasteiger partial charge on any atom is -0.382 e.